The van der Waals surface area contributed by atoms with Crippen LogP contribution in [0.25, 0.3) is 11.1 Å². The number of piperidine rings is 1. The molecule has 1 aromatic carbocycles. The van der Waals surface area contributed by atoms with Gasteiger partial charge in [0, 0.05) is 50.7 Å². The maximum Gasteiger partial charge on any atom is 0.225 e. The summed E-state index contributed by atoms with van der Waals surface area (Å²) in [5.41, 5.74) is 4.56. The Balaban J connectivity index is 1.72. The number of aryl methyl sites for hydroxylation is 1. The molecule has 0 amide bonds. The van der Waals surface area contributed by atoms with Crippen molar-refractivity contribution in [2.24, 2.45) is 0 Å². The van der Waals surface area contributed by atoms with Crippen LogP contribution in [0.4, 0.5) is 5.95 Å². The summed E-state index contributed by atoms with van der Waals surface area (Å²) < 4.78 is 7.33. The Morgan fingerprint density at radius 3 is 2.61 bits per heavy atom. The number of methoxy groups -OCH3 is 1. The van der Waals surface area contributed by atoms with E-state index in [9.17, 15) is 0 Å². The molecule has 1 fully saturated rings. The Bertz CT molecular complexity index is 998. The van der Waals surface area contributed by atoms with Crippen LogP contribution in [0.3, 0.4) is 0 Å². The number of rotatable bonds is 7. The summed E-state index contributed by atoms with van der Waals surface area (Å²) in [6.45, 7) is 4.95. The standard InChI is InChI=1S/C24H32N6O/c1-5-30-17-18(14-26-30)16-29-13-7-6-8-22(29)23-21(15-25-24(27-23)28(2)3)19-9-11-20(31-4)12-10-19/h9-12,14-15,17,22H,5-8,13,16H2,1-4H3/t22-/m0/s1. The number of likely N-dealkylation sites (tertiary alicyclic amines) is 1. The normalized spacial score (nSPS) is 17.0. The van der Waals surface area contributed by atoms with E-state index < -0.39 is 0 Å². The first kappa shape index (κ1) is 21.3. The van der Waals surface area contributed by atoms with E-state index in [0.29, 0.717) is 0 Å². The average Bonchev–Trinajstić information content (AvgIpc) is 3.27. The number of nitrogens with zero attached hydrogens (tertiary/aromatic N) is 6. The molecule has 0 spiro atoms. The van der Waals surface area contributed by atoms with E-state index in [0.717, 1.165) is 54.6 Å². The molecule has 1 atom stereocenters. The third-order valence-electron chi connectivity index (χ3n) is 5.93. The zero-order valence-electron chi connectivity index (χ0n) is 19.0. The van der Waals surface area contributed by atoms with Crippen molar-refractivity contribution in [3.63, 3.8) is 0 Å². The minimum Gasteiger partial charge on any atom is -0.497 e. The number of hydrogen-bond donors (Lipinski definition) is 0. The molecule has 0 unspecified atom stereocenters. The molecule has 0 radical (unpaired) electrons. The molecule has 0 bridgehead atoms. The van der Waals surface area contributed by atoms with Gasteiger partial charge in [0.2, 0.25) is 5.95 Å². The van der Waals surface area contributed by atoms with Gasteiger partial charge in [-0.05, 0) is 44.0 Å². The van der Waals surface area contributed by atoms with E-state index >= 15 is 0 Å². The second-order valence-corrected chi connectivity index (χ2v) is 8.28. The molecule has 0 aliphatic carbocycles. The van der Waals surface area contributed by atoms with Gasteiger partial charge in [-0.2, -0.15) is 5.10 Å². The lowest BCUT2D eigenvalue weighted by atomic mass is 9.93. The molecule has 1 aliphatic rings. The van der Waals surface area contributed by atoms with Crippen LogP contribution in [0.1, 0.15) is 43.5 Å². The Hall–Kier alpha value is -2.93. The Kier molecular flexibility index (Phi) is 6.51. The van der Waals surface area contributed by atoms with Crippen LogP contribution in [-0.2, 0) is 13.1 Å². The SMILES string of the molecule is CCn1cc(CN2CCCC[C@H]2c2nc(N(C)C)ncc2-c2ccc(OC)cc2)cn1. The summed E-state index contributed by atoms with van der Waals surface area (Å²) >= 11 is 0. The zero-order valence-corrected chi connectivity index (χ0v) is 19.0. The molecule has 2 aromatic heterocycles. The molecule has 0 N–H and O–H groups in total. The van der Waals surface area contributed by atoms with Gasteiger partial charge >= 0.3 is 0 Å². The highest BCUT2D eigenvalue weighted by atomic mass is 16.5. The van der Waals surface area contributed by atoms with E-state index in [-0.39, 0.29) is 6.04 Å². The first-order valence-corrected chi connectivity index (χ1v) is 11.0. The van der Waals surface area contributed by atoms with Gasteiger partial charge in [-0.1, -0.05) is 18.6 Å². The first-order valence-electron chi connectivity index (χ1n) is 11.0. The Labute approximate surface area is 184 Å². The third-order valence-corrected chi connectivity index (χ3v) is 5.93. The van der Waals surface area contributed by atoms with Crippen LogP contribution in [-0.4, -0.2) is 52.4 Å². The van der Waals surface area contributed by atoms with E-state index in [4.69, 9.17) is 9.72 Å². The summed E-state index contributed by atoms with van der Waals surface area (Å²) in [5.74, 6) is 1.60. The molecule has 0 saturated carbocycles. The van der Waals surface area contributed by atoms with Crippen molar-refractivity contribution in [1.82, 2.24) is 24.6 Å². The van der Waals surface area contributed by atoms with Gasteiger partial charge < -0.3 is 9.64 Å². The van der Waals surface area contributed by atoms with E-state index in [1.54, 1.807) is 7.11 Å². The summed E-state index contributed by atoms with van der Waals surface area (Å²) in [5, 5.41) is 4.46. The number of hydrogen-bond acceptors (Lipinski definition) is 6. The summed E-state index contributed by atoms with van der Waals surface area (Å²) in [6.07, 6.45) is 9.63. The lowest BCUT2D eigenvalue weighted by Gasteiger charge is -2.36. The largest absolute Gasteiger partial charge is 0.497 e. The molecule has 1 saturated heterocycles. The van der Waals surface area contributed by atoms with Crippen LogP contribution in [0.15, 0.2) is 42.9 Å². The molecule has 31 heavy (non-hydrogen) atoms. The minimum absolute atomic E-state index is 0.248. The van der Waals surface area contributed by atoms with Crippen molar-refractivity contribution < 1.29 is 4.74 Å². The van der Waals surface area contributed by atoms with Crippen LogP contribution >= 0.6 is 0 Å². The fraction of sp³-hybridized carbons (Fsp3) is 0.458. The maximum absolute atomic E-state index is 5.34. The highest BCUT2D eigenvalue weighted by Gasteiger charge is 2.29. The predicted molar refractivity (Wildman–Crippen MR) is 123 cm³/mol. The molecule has 1 aliphatic heterocycles. The third kappa shape index (κ3) is 4.71. The van der Waals surface area contributed by atoms with Crippen molar-refractivity contribution in [2.45, 2.75) is 45.3 Å². The fourth-order valence-corrected chi connectivity index (χ4v) is 4.23. The second kappa shape index (κ2) is 9.47. The monoisotopic (exact) mass is 420 g/mol. The molecule has 3 aromatic rings. The van der Waals surface area contributed by atoms with Crippen molar-refractivity contribution in [2.75, 3.05) is 32.6 Å². The van der Waals surface area contributed by atoms with Crippen molar-refractivity contribution >= 4 is 5.95 Å². The number of ether oxygens (including phenoxy) is 1. The van der Waals surface area contributed by atoms with Crippen molar-refractivity contribution in [3.05, 3.63) is 54.1 Å². The zero-order chi connectivity index (χ0) is 21.8. The van der Waals surface area contributed by atoms with Gasteiger partial charge in [-0.25, -0.2) is 9.97 Å². The molecular formula is C24H32N6O. The van der Waals surface area contributed by atoms with Gasteiger partial charge in [-0.15, -0.1) is 0 Å². The summed E-state index contributed by atoms with van der Waals surface area (Å²) in [7, 11) is 5.67. The predicted octanol–water partition coefficient (Wildman–Crippen LogP) is 4.16. The van der Waals surface area contributed by atoms with Crippen LogP contribution in [0, 0.1) is 0 Å². The van der Waals surface area contributed by atoms with Gasteiger partial charge in [0.1, 0.15) is 5.75 Å². The lowest BCUT2D eigenvalue weighted by molar-refractivity contribution is 0.137. The lowest BCUT2D eigenvalue weighted by Crippen LogP contribution is -2.34. The van der Waals surface area contributed by atoms with E-state index in [2.05, 4.69) is 40.2 Å². The molecule has 164 valence electrons. The molecular weight excluding hydrogens is 388 g/mol. The van der Waals surface area contributed by atoms with Crippen LogP contribution < -0.4 is 9.64 Å². The number of aromatic nitrogens is 4. The van der Waals surface area contributed by atoms with Gasteiger partial charge in [0.15, 0.2) is 0 Å². The molecule has 4 rings (SSSR count). The Morgan fingerprint density at radius 2 is 1.94 bits per heavy atom. The number of anilines is 1. The first-order chi connectivity index (χ1) is 15.1. The smallest absolute Gasteiger partial charge is 0.225 e. The summed E-state index contributed by atoms with van der Waals surface area (Å²) in [4.78, 5) is 14.2. The van der Waals surface area contributed by atoms with Crippen LogP contribution in [0.2, 0.25) is 0 Å². The minimum atomic E-state index is 0.248. The van der Waals surface area contributed by atoms with Gasteiger partial charge in [0.05, 0.1) is 25.0 Å². The molecule has 7 heteroatoms. The van der Waals surface area contributed by atoms with Gasteiger partial charge in [-0.3, -0.25) is 9.58 Å². The topological polar surface area (TPSA) is 59.3 Å². The molecule has 7 nitrogen and oxygen atoms in total. The summed E-state index contributed by atoms with van der Waals surface area (Å²) in [6, 6.07) is 8.43. The fourth-order valence-electron chi connectivity index (χ4n) is 4.23. The van der Waals surface area contributed by atoms with Crippen molar-refractivity contribution in [3.8, 4) is 16.9 Å². The highest BCUT2D eigenvalue weighted by molar-refractivity contribution is 5.67. The van der Waals surface area contributed by atoms with Gasteiger partial charge in [0.25, 0.3) is 0 Å². The number of benzene rings is 1. The second-order valence-electron chi connectivity index (χ2n) is 8.28. The van der Waals surface area contributed by atoms with Crippen molar-refractivity contribution in [1.29, 1.82) is 0 Å². The average molecular weight is 421 g/mol. The van der Waals surface area contributed by atoms with Crippen LogP contribution in [0.5, 0.6) is 5.75 Å². The van der Waals surface area contributed by atoms with E-state index in [1.807, 2.05) is 48.2 Å². The maximum atomic E-state index is 5.34. The molecule has 3 heterocycles. The van der Waals surface area contributed by atoms with E-state index in [1.165, 1.54) is 18.4 Å². The Morgan fingerprint density at radius 1 is 1.13 bits per heavy atom. The quantitative estimate of drug-likeness (QED) is 0.572. The highest BCUT2D eigenvalue weighted by Crippen LogP contribution is 2.37.